The van der Waals surface area contributed by atoms with Gasteiger partial charge in [-0.2, -0.15) is 0 Å². The van der Waals surface area contributed by atoms with Gasteiger partial charge in [0.15, 0.2) is 11.5 Å². The number of fused-ring (bicyclic) bond motifs is 1. The molecular weight excluding hydrogens is 536 g/mol. The number of ether oxygens (including phenoxy) is 2. The number of halogens is 1. The summed E-state index contributed by atoms with van der Waals surface area (Å²) in [4.78, 5) is 34.3. The van der Waals surface area contributed by atoms with Crippen molar-refractivity contribution in [3.8, 4) is 11.5 Å². The molecule has 2 aliphatic heterocycles. The SMILES string of the molecule is CSc1cc(C)[nH]c(=O)c1CNC(=O)c1cc(Cl)c2c(c1C)O[C@@](C)([C@H]1CC[C@@H](N3CC(N(C)C)C3)CC1)O2. The second-order valence-corrected chi connectivity index (χ2v) is 12.8. The number of likely N-dealkylation sites (N-methyl/N-ethyl adjacent to an activating group) is 1. The summed E-state index contributed by atoms with van der Waals surface area (Å²) in [5, 5.41) is 3.25. The van der Waals surface area contributed by atoms with Gasteiger partial charge in [0.25, 0.3) is 17.3 Å². The van der Waals surface area contributed by atoms with Crippen LogP contribution in [0.4, 0.5) is 0 Å². The minimum Gasteiger partial charge on any atom is -0.448 e. The van der Waals surface area contributed by atoms with Gasteiger partial charge in [-0.1, -0.05) is 11.6 Å². The average molecular weight is 575 g/mol. The lowest BCUT2D eigenvalue weighted by atomic mass is 9.80. The molecule has 2 N–H and O–H groups in total. The Kier molecular flexibility index (Phi) is 7.99. The fourth-order valence-electron chi connectivity index (χ4n) is 6.13. The van der Waals surface area contributed by atoms with Crippen molar-refractivity contribution in [3.05, 3.63) is 49.9 Å². The van der Waals surface area contributed by atoms with Crippen LogP contribution in [0, 0.1) is 19.8 Å². The molecule has 1 amide bonds. The van der Waals surface area contributed by atoms with Gasteiger partial charge in [0, 0.05) is 71.8 Å². The first kappa shape index (κ1) is 28.3. The fourth-order valence-corrected chi connectivity index (χ4v) is 7.07. The second-order valence-electron chi connectivity index (χ2n) is 11.5. The number of aryl methyl sites for hydroxylation is 1. The van der Waals surface area contributed by atoms with Crippen LogP contribution in [-0.4, -0.2) is 72.0 Å². The van der Waals surface area contributed by atoms with Crippen LogP contribution in [0.3, 0.4) is 0 Å². The molecule has 1 saturated heterocycles. The molecule has 5 rings (SSSR count). The molecule has 3 heterocycles. The summed E-state index contributed by atoms with van der Waals surface area (Å²) in [5.74, 6) is 0.143. The number of H-pyrrole nitrogens is 1. The van der Waals surface area contributed by atoms with Crippen molar-refractivity contribution in [2.45, 2.75) is 75.8 Å². The summed E-state index contributed by atoms with van der Waals surface area (Å²) in [6, 6.07) is 4.83. The summed E-state index contributed by atoms with van der Waals surface area (Å²) in [6.07, 6.45) is 6.20. The predicted octanol–water partition coefficient (Wildman–Crippen LogP) is 4.59. The largest absolute Gasteiger partial charge is 0.448 e. The zero-order valence-electron chi connectivity index (χ0n) is 23.7. The number of aromatic nitrogens is 1. The van der Waals surface area contributed by atoms with E-state index in [9.17, 15) is 9.59 Å². The molecule has 0 radical (unpaired) electrons. The lowest BCUT2D eigenvalue weighted by molar-refractivity contribution is -0.127. The van der Waals surface area contributed by atoms with Gasteiger partial charge in [0.2, 0.25) is 0 Å². The number of pyridine rings is 1. The summed E-state index contributed by atoms with van der Waals surface area (Å²) >= 11 is 8.12. The Hall–Kier alpha value is -2.20. The molecule has 2 fully saturated rings. The molecule has 2 aromatic rings. The van der Waals surface area contributed by atoms with Crippen LogP contribution in [0.5, 0.6) is 11.5 Å². The van der Waals surface area contributed by atoms with Crippen LogP contribution in [-0.2, 0) is 6.54 Å². The number of benzene rings is 1. The summed E-state index contributed by atoms with van der Waals surface area (Å²) in [6.45, 7) is 8.10. The van der Waals surface area contributed by atoms with Gasteiger partial charge < -0.3 is 24.7 Å². The van der Waals surface area contributed by atoms with Crippen LogP contribution in [0.25, 0.3) is 0 Å². The molecule has 1 aliphatic carbocycles. The smallest absolute Gasteiger partial charge is 0.254 e. The molecule has 10 heteroatoms. The Morgan fingerprint density at radius 2 is 1.85 bits per heavy atom. The number of thioether (sulfide) groups is 1. The van der Waals surface area contributed by atoms with Crippen LogP contribution >= 0.6 is 23.4 Å². The molecule has 0 spiro atoms. The predicted molar refractivity (Wildman–Crippen MR) is 155 cm³/mol. The third kappa shape index (κ3) is 5.43. The van der Waals surface area contributed by atoms with Gasteiger partial charge in [0.05, 0.1) is 5.02 Å². The summed E-state index contributed by atoms with van der Waals surface area (Å²) in [7, 11) is 4.31. The number of nitrogens with one attached hydrogen (secondary N) is 2. The molecular formula is C29H39ClN4O4S. The highest BCUT2D eigenvalue weighted by molar-refractivity contribution is 7.98. The minimum atomic E-state index is -0.819. The summed E-state index contributed by atoms with van der Waals surface area (Å²) in [5.41, 5.74) is 2.22. The van der Waals surface area contributed by atoms with Crippen molar-refractivity contribution in [2.75, 3.05) is 33.4 Å². The van der Waals surface area contributed by atoms with E-state index in [-0.39, 0.29) is 23.9 Å². The van der Waals surface area contributed by atoms with E-state index in [2.05, 4.69) is 34.2 Å². The van der Waals surface area contributed by atoms with E-state index in [1.165, 1.54) is 11.8 Å². The molecule has 39 heavy (non-hydrogen) atoms. The van der Waals surface area contributed by atoms with E-state index < -0.39 is 5.79 Å². The van der Waals surface area contributed by atoms with E-state index in [1.54, 1.807) is 6.07 Å². The normalized spacial score (nSPS) is 25.1. The van der Waals surface area contributed by atoms with Crippen molar-refractivity contribution in [2.24, 2.45) is 5.92 Å². The highest BCUT2D eigenvalue weighted by atomic mass is 35.5. The quantitative estimate of drug-likeness (QED) is 0.468. The van der Waals surface area contributed by atoms with Crippen LogP contribution in [0.1, 0.15) is 59.8 Å². The van der Waals surface area contributed by atoms with Gasteiger partial charge in [-0.15, -0.1) is 11.8 Å². The monoisotopic (exact) mass is 574 g/mol. The third-order valence-corrected chi connectivity index (χ3v) is 9.83. The molecule has 1 saturated carbocycles. The highest BCUT2D eigenvalue weighted by Crippen LogP contribution is 2.52. The minimum absolute atomic E-state index is 0.114. The van der Waals surface area contributed by atoms with Crippen LogP contribution < -0.4 is 20.3 Å². The number of hydrogen-bond donors (Lipinski definition) is 2. The number of nitrogens with zero attached hydrogens (tertiary/aromatic N) is 2. The van der Waals surface area contributed by atoms with Gasteiger partial charge in [-0.25, -0.2) is 0 Å². The molecule has 0 unspecified atom stereocenters. The Balaban J connectivity index is 1.26. The molecule has 1 aromatic heterocycles. The standard InChI is InChI=1S/C29H39ClN4O4S/c1-16-11-24(39-6)22(28(36)32-16)13-31-27(35)21-12-23(30)26-25(17(21)2)37-29(3,38-26)18-7-9-19(10-8-18)34-14-20(15-34)33(4)5/h11-12,18-20H,7-10,13-15H2,1-6H3,(H,31,35)(H,32,36)/t18-,19+,29-/m1/s1. The highest BCUT2D eigenvalue weighted by Gasteiger charge is 2.48. The van der Waals surface area contributed by atoms with Crippen LogP contribution in [0.15, 0.2) is 21.8 Å². The van der Waals surface area contributed by atoms with Gasteiger partial charge in [0.1, 0.15) is 0 Å². The van der Waals surface area contributed by atoms with Crippen molar-refractivity contribution in [1.82, 2.24) is 20.1 Å². The van der Waals surface area contributed by atoms with Gasteiger partial charge in [-0.3, -0.25) is 14.5 Å². The number of carbonyl (C=O) groups is 1. The van der Waals surface area contributed by atoms with Crippen molar-refractivity contribution in [1.29, 1.82) is 0 Å². The maximum Gasteiger partial charge on any atom is 0.254 e. The van der Waals surface area contributed by atoms with Crippen LogP contribution in [0.2, 0.25) is 5.02 Å². The van der Waals surface area contributed by atoms with Crippen molar-refractivity contribution >= 4 is 29.3 Å². The van der Waals surface area contributed by atoms with Gasteiger partial charge in [-0.05, 0) is 72.0 Å². The molecule has 0 bridgehead atoms. The number of likely N-dealkylation sites (tertiary alicyclic amines) is 1. The average Bonchev–Trinajstić information content (AvgIpc) is 3.24. The number of rotatable bonds is 7. The van der Waals surface area contributed by atoms with E-state index in [1.807, 2.05) is 33.1 Å². The topological polar surface area (TPSA) is 86.9 Å². The first-order chi connectivity index (χ1) is 18.5. The van der Waals surface area contributed by atoms with E-state index in [0.717, 1.165) is 49.4 Å². The lowest BCUT2D eigenvalue weighted by Crippen LogP contribution is -2.61. The number of carbonyl (C=O) groups excluding carboxylic acids is 1. The second kappa shape index (κ2) is 11.0. The zero-order valence-corrected chi connectivity index (χ0v) is 25.2. The molecule has 212 valence electrons. The van der Waals surface area contributed by atoms with Crippen molar-refractivity contribution < 1.29 is 14.3 Å². The first-order valence-corrected chi connectivity index (χ1v) is 15.3. The number of aromatic amines is 1. The maximum absolute atomic E-state index is 13.2. The van der Waals surface area contributed by atoms with Gasteiger partial charge >= 0.3 is 0 Å². The van der Waals surface area contributed by atoms with Crippen molar-refractivity contribution in [3.63, 3.8) is 0 Å². The Morgan fingerprint density at radius 1 is 1.18 bits per heavy atom. The number of amides is 1. The number of hydrogen-bond acceptors (Lipinski definition) is 7. The summed E-state index contributed by atoms with van der Waals surface area (Å²) < 4.78 is 12.9. The third-order valence-electron chi connectivity index (χ3n) is 8.74. The Morgan fingerprint density at radius 3 is 2.49 bits per heavy atom. The molecule has 3 aliphatic rings. The fraction of sp³-hybridized carbons (Fsp3) is 0.586. The Labute approximate surface area is 239 Å². The first-order valence-electron chi connectivity index (χ1n) is 13.7. The Bertz CT molecular complexity index is 1320. The molecule has 1 aromatic carbocycles. The lowest BCUT2D eigenvalue weighted by Gasteiger charge is -2.49. The zero-order chi connectivity index (χ0) is 28.1. The van der Waals surface area contributed by atoms with E-state index in [4.69, 9.17) is 21.1 Å². The van der Waals surface area contributed by atoms with E-state index >= 15 is 0 Å². The van der Waals surface area contributed by atoms with E-state index in [0.29, 0.717) is 45.3 Å². The maximum atomic E-state index is 13.2. The molecule has 8 nitrogen and oxygen atoms in total. The molecule has 1 atom stereocenters.